The minimum absolute atomic E-state index is 0.0865. The summed E-state index contributed by atoms with van der Waals surface area (Å²) in [4.78, 5) is 13.6. The first kappa shape index (κ1) is 12.1. The topological polar surface area (TPSA) is 29.5 Å². The van der Waals surface area contributed by atoms with Crippen molar-refractivity contribution in [2.45, 2.75) is 19.4 Å². The molecule has 17 heavy (non-hydrogen) atoms. The molecule has 0 bridgehead atoms. The van der Waals surface area contributed by atoms with Crippen LogP contribution in [0.25, 0.3) is 0 Å². The molecule has 1 aliphatic rings. The summed E-state index contributed by atoms with van der Waals surface area (Å²) in [6.07, 6.45) is 1.66. The minimum Gasteiger partial charge on any atom is -0.469 e. The number of carbonyl (C=O) groups is 1. The van der Waals surface area contributed by atoms with E-state index in [2.05, 4.69) is 29.2 Å². The van der Waals surface area contributed by atoms with Gasteiger partial charge >= 0.3 is 5.97 Å². The van der Waals surface area contributed by atoms with Crippen LogP contribution in [0.5, 0.6) is 0 Å². The predicted molar refractivity (Wildman–Crippen MR) is 66.5 cm³/mol. The molecule has 1 saturated heterocycles. The Balaban J connectivity index is 1.80. The Morgan fingerprint density at radius 3 is 2.88 bits per heavy atom. The summed E-state index contributed by atoms with van der Waals surface area (Å²) in [5.74, 6) is 0.378. The molecule has 0 radical (unpaired) electrons. The lowest BCUT2D eigenvalue weighted by Gasteiger charge is -2.15. The van der Waals surface area contributed by atoms with E-state index in [1.54, 1.807) is 0 Å². The normalized spacial score (nSPS) is 20.4. The number of hydrogen-bond donors (Lipinski definition) is 0. The van der Waals surface area contributed by atoms with E-state index in [1.807, 2.05) is 6.07 Å². The Kier molecular flexibility index (Phi) is 4.15. The highest BCUT2D eigenvalue weighted by molar-refractivity contribution is 5.69. The van der Waals surface area contributed by atoms with E-state index in [4.69, 9.17) is 4.74 Å². The molecular formula is C14H19NO2. The number of carbonyl (C=O) groups excluding carboxylic acids is 1. The average Bonchev–Trinajstić information content (AvgIpc) is 2.77. The Hall–Kier alpha value is -1.35. The average molecular weight is 233 g/mol. The third-order valence-electron chi connectivity index (χ3n) is 3.30. The molecule has 92 valence electrons. The van der Waals surface area contributed by atoms with Gasteiger partial charge in [0.1, 0.15) is 0 Å². The van der Waals surface area contributed by atoms with Gasteiger partial charge in [-0.05, 0) is 24.4 Å². The van der Waals surface area contributed by atoms with E-state index in [-0.39, 0.29) is 5.97 Å². The molecule has 0 saturated carbocycles. The maximum absolute atomic E-state index is 11.2. The van der Waals surface area contributed by atoms with Gasteiger partial charge in [-0.3, -0.25) is 9.69 Å². The smallest absolute Gasteiger partial charge is 0.305 e. The van der Waals surface area contributed by atoms with Crippen molar-refractivity contribution in [3.63, 3.8) is 0 Å². The van der Waals surface area contributed by atoms with Crippen LogP contribution in [0.1, 0.15) is 18.4 Å². The molecule has 3 nitrogen and oxygen atoms in total. The third-order valence-corrected chi connectivity index (χ3v) is 3.30. The Morgan fingerprint density at radius 1 is 1.41 bits per heavy atom. The van der Waals surface area contributed by atoms with E-state index in [0.717, 1.165) is 26.1 Å². The van der Waals surface area contributed by atoms with Gasteiger partial charge < -0.3 is 4.74 Å². The molecule has 1 heterocycles. The van der Waals surface area contributed by atoms with Gasteiger partial charge in [-0.2, -0.15) is 0 Å². The molecule has 3 heteroatoms. The number of rotatable bonds is 4. The van der Waals surface area contributed by atoms with Gasteiger partial charge in [-0.25, -0.2) is 0 Å². The van der Waals surface area contributed by atoms with Crippen LogP contribution in [0.4, 0.5) is 0 Å². The summed E-state index contributed by atoms with van der Waals surface area (Å²) in [7, 11) is 1.46. The zero-order valence-electron chi connectivity index (χ0n) is 10.3. The largest absolute Gasteiger partial charge is 0.469 e. The first-order valence-corrected chi connectivity index (χ1v) is 6.11. The molecular weight excluding hydrogens is 214 g/mol. The molecule has 1 aromatic carbocycles. The van der Waals surface area contributed by atoms with Crippen LogP contribution in [0.15, 0.2) is 30.3 Å². The van der Waals surface area contributed by atoms with Crippen LogP contribution < -0.4 is 0 Å². The van der Waals surface area contributed by atoms with Crippen LogP contribution in [-0.2, 0) is 16.1 Å². The Labute approximate surface area is 102 Å². The van der Waals surface area contributed by atoms with Gasteiger partial charge in [0.05, 0.1) is 7.11 Å². The van der Waals surface area contributed by atoms with E-state index in [9.17, 15) is 4.79 Å². The van der Waals surface area contributed by atoms with E-state index in [1.165, 1.54) is 12.7 Å². The van der Waals surface area contributed by atoms with Gasteiger partial charge in [0, 0.05) is 19.5 Å². The second-order valence-electron chi connectivity index (χ2n) is 4.66. The zero-order chi connectivity index (χ0) is 12.1. The molecule has 0 aromatic heterocycles. The number of benzene rings is 1. The number of methoxy groups -OCH3 is 1. The lowest BCUT2D eigenvalue weighted by Crippen LogP contribution is -2.21. The summed E-state index contributed by atoms with van der Waals surface area (Å²) in [5.41, 5.74) is 1.34. The van der Waals surface area contributed by atoms with Crippen molar-refractivity contribution in [3.8, 4) is 0 Å². The number of hydrogen-bond acceptors (Lipinski definition) is 3. The minimum atomic E-state index is -0.0865. The van der Waals surface area contributed by atoms with Crippen LogP contribution in [0.3, 0.4) is 0 Å². The van der Waals surface area contributed by atoms with Crippen LogP contribution in [0.2, 0.25) is 0 Å². The molecule has 0 spiro atoms. The highest BCUT2D eigenvalue weighted by Crippen LogP contribution is 2.21. The fraction of sp³-hybridized carbons (Fsp3) is 0.500. The molecule has 1 fully saturated rings. The maximum atomic E-state index is 11.2. The second kappa shape index (κ2) is 5.82. The van der Waals surface area contributed by atoms with Crippen molar-refractivity contribution in [1.82, 2.24) is 4.90 Å². The Morgan fingerprint density at radius 2 is 2.18 bits per heavy atom. The summed E-state index contributed by atoms with van der Waals surface area (Å²) in [6, 6.07) is 10.5. The molecule has 0 amide bonds. The fourth-order valence-corrected chi connectivity index (χ4v) is 2.38. The molecule has 1 atom stereocenters. The van der Waals surface area contributed by atoms with Crippen molar-refractivity contribution in [2.24, 2.45) is 5.92 Å². The highest BCUT2D eigenvalue weighted by Gasteiger charge is 2.24. The van der Waals surface area contributed by atoms with Crippen LogP contribution in [0, 0.1) is 5.92 Å². The Bertz CT molecular complexity index is 364. The van der Waals surface area contributed by atoms with Crippen LogP contribution in [-0.4, -0.2) is 31.1 Å². The van der Waals surface area contributed by atoms with E-state index >= 15 is 0 Å². The maximum Gasteiger partial charge on any atom is 0.305 e. The zero-order valence-corrected chi connectivity index (χ0v) is 10.3. The molecule has 1 aromatic rings. The standard InChI is InChI=1S/C14H19NO2/c1-17-14(16)9-13-7-8-15(11-13)10-12-5-3-2-4-6-12/h2-6,13H,7-11H2,1H3/t13-/m0/s1. The predicted octanol–water partition coefficient (Wildman–Crippen LogP) is 2.07. The monoisotopic (exact) mass is 233 g/mol. The molecule has 0 aliphatic carbocycles. The number of esters is 1. The highest BCUT2D eigenvalue weighted by atomic mass is 16.5. The van der Waals surface area contributed by atoms with Crippen molar-refractivity contribution in [1.29, 1.82) is 0 Å². The van der Waals surface area contributed by atoms with Crippen molar-refractivity contribution >= 4 is 5.97 Å². The van der Waals surface area contributed by atoms with Gasteiger partial charge in [-0.15, -0.1) is 0 Å². The summed E-state index contributed by atoms with van der Waals surface area (Å²) in [6.45, 7) is 3.07. The van der Waals surface area contributed by atoms with Gasteiger partial charge in [0.2, 0.25) is 0 Å². The third kappa shape index (κ3) is 3.56. The molecule has 0 unspecified atom stereocenters. The number of nitrogens with zero attached hydrogens (tertiary/aromatic N) is 1. The second-order valence-corrected chi connectivity index (χ2v) is 4.66. The first-order chi connectivity index (χ1) is 8.28. The van der Waals surface area contributed by atoms with Crippen molar-refractivity contribution in [3.05, 3.63) is 35.9 Å². The first-order valence-electron chi connectivity index (χ1n) is 6.11. The van der Waals surface area contributed by atoms with Gasteiger partial charge in [0.25, 0.3) is 0 Å². The lowest BCUT2D eigenvalue weighted by atomic mass is 10.1. The lowest BCUT2D eigenvalue weighted by molar-refractivity contribution is -0.141. The molecule has 2 rings (SSSR count). The van der Waals surface area contributed by atoms with Gasteiger partial charge in [0.15, 0.2) is 0 Å². The quantitative estimate of drug-likeness (QED) is 0.746. The number of likely N-dealkylation sites (tertiary alicyclic amines) is 1. The van der Waals surface area contributed by atoms with Crippen LogP contribution >= 0.6 is 0 Å². The molecule has 0 N–H and O–H groups in total. The van der Waals surface area contributed by atoms with Gasteiger partial charge in [-0.1, -0.05) is 30.3 Å². The number of ether oxygens (including phenoxy) is 1. The molecule has 1 aliphatic heterocycles. The van der Waals surface area contributed by atoms with E-state index < -0.39 is 0 Å². The van der Waals surface area contributed by atoms with Crippen molar-refractivity contribution < 1.29 is 9.53 Å². The van der Waals surface area contributed by atoms with Crippen molar-refractivity contribution in [2.75, 3.05) is 20.2 Å². The summed E-state index contributed by atoms with van der Waals surface area (Å²) < 4.78 is 4.71. The summed E-state index contributed by atoms with van der Waals surface area (Å²) in [5, 5.41) is 0. The summed E-state index contributed by atoms with van der Waals surface area (Å²) >= 11 is 0. The van der Waals surface area contributed by atoms with E-state index in [0.29, 0.717) is 12.3 Å². The fourth-order valence-electron chi connectivity index (χ4n) is 2.38. The SMILES string of the molecule is COC(=O)C[C@@H]1CCN(Cc2ccccc2)C1.